The van der Waals surface area contributed by atoms with Crippen LogP contribution in [0.5, 0.6) is 0 Å². The molecule has 16 heavy (non-hydrogen) atoms. The minimum absolute atomic E-state index is 0.626. The van der Waals surface area contributed by atoms with Gasteiger partial charge in [0.15, 0.2) is 11.6 Å². The number of hydrogen-bond donors (Lipinski definition) is 1. The lowest BCUT2D eigenvalue weighted by Gasteiger charge is -2.02. The molecular weight excluding hydrogens is 202 g/mol. The fourth-order valence-corrected chi connectivity index (χ4v) is 1.61. The van der Waals surface area contributed by atoms with Crippen LogP contribution in [-0.4, -0.2) is 19.7 Å². The molecule has 0 aliphatic heterocycles. The van der Waals surface area contributed by atoms with Crippen LogP contribution in [0.2, 0.25) is 0 Å². The van der Waals surface area contributed by atoms with Crippen molar-refractivity contribution in [3.05, 3.63) is 24.3 Å². The number of hydrogen-bond acceptors (Lipinski definition) is 4. The normalized spacial score (nSPS) is 10.6. The van der Waals surface area contributed by atoms with Crippen molar-refractivity contribution >= 4 is 5.69 Å². The minimum atomic E-state index is 0.626. The van der Waals surface area contributed by atoms with E-state index >= 15 is 0 Å². The van der Waals surface area contributed by atoms with Gasteiger partial charge in [-0.1, -0.05) is 6.92 Å². The summed E-state index contributed by atoms with van der Waals surface area (Å²) < 4.78 is 1.76. The molecule has 5 nitrogen and oxygen atoms in total. The van der Waals surface area contributed by atoms with Crippen LogP contribution in [0.4, 0.5) is 5.69 Å². The number of pyridine rings is 1. The van der Waals surface area contributed by atoms with E-state index in [0.29, 0.717) is 5.69 Å². The monoisotopic (exact) mass is 217 g/mol. The van der Waals surface area contributed by atoms with Crippen LogP contribution >= 0.6 is 0 Å². The fraction of sp³-hybridized carbons (Fsp3) is 0.364. The smallest absolute Gasteiger partial charge is 0.160 e. The molecule has 2 aromatic rings. The molecule has 0 aliphatic carbocycles. The zero-order valence-corrected chi connectivity index (χ0v) is 9.51. The standard InChI is InChI=1S/C11H15N5/c1-3-4-10-14-11(16(2)15-10)8-5-6-13-7-9(8)12/h5-7H,3-4,12H2,1-2H3. The van der Waals surface area contributed by atoms with E-state index in [4.69, 9.17) is 5.73 Å². The van der Waals surface area contributed by atoms with Gasteiger partial charge in [-0.15, -0.1) is 0 Å². The van der Waals surface area contributed by atoms with Gasteiger partial charge in [-0.3, -0.25) is 4.98 Å². The molecule has 0 amide bonds. The SMILES string of the molecule is CCCc1nc(-c2ccncc2N)n(C)n1. The van der Waals surface area contributed by atoms with E-state index < -0.39 is 0 Å². The predicted octanol–water partition coefficient (Wildman–Crippen LogP) is 1.41. The third kappa shape index (κ3) is 1.88. The molecule has 0 unspecified atom stereocenters. The molecular formula is C11H15N5. The molecule has 0 saturated heterocycles. The number of anilines is 1. The zero-order valence-electron chi connectivity index (χ0n) is 9.51. The Labute approximate surface area is 94.3 Å². The molecule has 0 aromatic carbocycles. The number of aryl methyl sites for hydroxylation is 2. The maximum absolute atomic E-state index is 5.86. The Hall–Kier alpha value is -1.91. The quantitative estimate of drug-likeness (QED) is 0.844. The molecule has 0 radical (unpaired) electrons. The lowest BCUT2D eigenvalue weighted by molar-refractivity contribution is 0.737. The number of nitrogen functional groups attached to an aromatic ring is 1. The van der Waals surface area contributed by atoms with Gasteiger partial charge in [0.05, 0.1) is 11.9 Å². The van der Waals surface area contributed by atoms with E-state index in [9.17, 15) is 0 Å². The molecule has 84 valence electrons. The van der Waals surface area contributed by atoms with Crippen LogP contribution in [0.3, 0.4) is 0 Å². The average molecular weight is 217 g/mol. The van der Waals surface area contributed by atoms with Gasteiger partial charge < -0.3 is 5.73 Å². The predicted molar refractivity (Wildman–Crippen MR) is 62.6 cm³/mol. The molecule has 0 saturated carbocycles. The van der Waals surface area contributed by atoms with Gasteiger partial charge in [0, 0.05) is 25.2 Å². The average Bonchev–Trinajstić information content (AvgIpc) is 2.61. The minimum Gasteiger partial charge on any atom is -0.397 e. The van der Waals surface area contributed by atoms with Gasteiger partial charge in [0.2, 0.25) is 0 Å². The van der Waals surface area contributed by atoms with Crippen molar-refractivity contribution in [1.29, 1.82) is 0 Å². The van der Waals surface area contributed by atoms with E-state index in [2.05, 4.69) is 22.0 Å². The van der Waals surface area contributed by atoms with Gasteiger partial charge in [0.25, 0.3) is 0 Å². The van der Waals surface area contributed by atoms with E-state index in [-0.39, 0.29) is 0 Å². The van der Waals surface area contributed by atoms with Gasteiger partial charge in [-0.2, -0.15) is 5.10 Å². The highest BCUT2D eigenvalue weighted by atomic mass is 15.3. The first kappa shape index (κ1) is 10.6. The molecule has 0 bridgehead atoms. The molecule has 2 N–H and O–H groups in total. The van der Waals surface area contributed by atoms with Crippen LogP contribution in [0.25, 0.3) is 11.4 Å². The largest absolute Gasteiger partial charge is 0.397 e. The fourth-order valence-electron chi connectivity index (χ4n) is 1.61. The van der Waals surface area contributed by atoms with Crippen molar-refractivity contribution in [1.82, 2.24) is 19.7 Å². The molecule has 2 aromatic heterocycles. The zero-order chi connectivity index (χ0) is 11.5. The molecule has 0 fully saturated rings. The molecule has 0 spiro atoms. The van der Waals surface area contributed by atoms with E-state index in [1.54, 1.807) is 17.1 Å². The number of rotatable bonds is 3. The Balaban J connectivity index is 2.44. The number of aromatic nitrogens is 4. The summed E-state index contributed by atoms with van der Waals surface area (Å²) in [5, 5.41) is 4.35. The Bertz CT molecular complexity index is 489. The van der Waals surface area contributed by atoms with Crippen LogP contribution in [0.15, 0.2) is 18.5 Å². The molecule has 2 rings (SSSR count). The third-order valence-corrected chi connectivity index (χ3v) is 2.37. The Morgan fingerprint density at radius 3 is 2.94 bits per heavy atom. The summed E-state index contributed by atoms with van der Waals surface area (Å²) in [6, 6.07) is 1.86. The molecule has 5 heteroatoms. The second kappa shape index (κ2) is 4.30. The van der Waals surface area contributed by atoms with Crippen molar-refractivity contribution < 1.29 is 0 Å². The summed E-state index contributed by atoms with van der Waals surface area (Å²) in [6.07, 6.45) is 5.26. The number of nitrogens with zero attached hydrogens (tertiary/aromatic N) is 4. The molecule has 0 atom stereocenters. The number of nitrogens with two attached hydrogens (primary N) is 1. The first-order valence-corrected chi connectivity index (χ1v) is 5.32. The molecule has 0 aliphatic rings. The van der Waals surface area contributed by atoms with E-state index in [0.717, 1.165) is 30.1 Å². The highest BCUT2D eigenvalue weighted by Crippen LogP contribution is 2.22. The topological polar surface area (TPSA) is 69.6 Å². The van der Waals surface area contributed by atoms with Gasteiger partial charge in [-0.25, -0.2) is 9.67 Å². The van der Waals surface area contributed by atoms with Crippen molar-refractivity contribution in [2.75, 3.05) is 5.73 Å². The first-order chi connectivity index (χ1) is 7.72. The van der Waals surface area contributed by atoms with Gasteiger partial charge in [0.1, 0.15) is 0 Å². The van der Waals surface area contributed by atoms with Crippen molar-refractivity contribution in [2.45, 2.75) is 19.8 Å². The second-order valence-corrected chi connectivity index (χ2v) is 3.69. The molecule has 2 heterocycles. The lowest BCUT2D eigenvalue weighted by atomic mass is 10.2. The summed E-state index contributed by atoms with van der Waals surface area (Å²) in [5.41, 5.74) is 7.37. The van der Waals surface area contributed by atoms with Crippen LogP contribution in [0.1, 0.15) is 19.2 Å². The van der Waals surface area contributed by atoms with Crippen molar-refractivity contribution in [3.8, 4) is 11.4 Å². The van der Waals surface area contributed by atoms with Crippen LogP contribution in [0, 0.1) is 0 Å². The Morgan fingerprint density at radius 1 is 1.44 bits per heavy atom. The first-order valence-electron chi connectivity index (χ1n) is 5.32. The maximum Gasteiger partial charge on any atom is 0.160 e. The van der Waals surface area contributed by atoms with Crippen LogP contribution in [-0.2, 0) is 13.5 Å². The van der Waals surface area contributed by atoms with Crippen molar-refractivity contribution in [3.63, 3.8) is 0 Å². The van der Waals surface area contributed by atoms with Gasteiger partial charge >= 0.3 is 0 Å². The Morgan fingerprint density at radius 2 is 2.25 bits per heavy atom. The maximum atomic E-state index is 5.86. The summed E-state index contributed by atoms with van der Waals surface area (Å²) in [5.74, 6) is 1.65. The van der Waals surface area contributed by atoms with E-state index in [1.165, 1.54) is 0 Å². The summed E-state index contributed by atoms with van der Waals surface area (Å²) in [4.78, 5) is 8.44. The highest BCUT2D eigenvalue weighted by Gasteiger charge is 2.11. The van der Waals surface area contributed by atoms with Gasteiger partial charge in [-0.05, 0) is 12.5 Å². The lowest BCUT2D eigenvalue weighted by Crippen LogP contribution is -1.98. The van der Waals surface area contributed by atoms with Crippen LogP contribution < -0.4 is 5.73 Å². The highest BCUT2D eigenvalue weighted by molar-refractivity contribution is 5.70. The summed E-state index contributed by atoms with van der Waals surface area (Å²) in [7, 11) is 1.88. The van der Waals surface area contributed by atoms with Crippen molar-refractivity contribution in [2.24, 2.45) is 7.05 Å². The second-order valence-electron chi connectivity index (χ2n) is 3.69. The summed E-state index contributed by atoms with van der Waals surface area (Å²) in [6.45, 7) is 2.11. The summed E-state index contributed by atoms with van der Waals surface area (Å²) >= 11 is 0. The Kier molecular flexibility index (Phi) is 2.85. The van der Waals surface area contributed by atoms with E-state index in [1.807, 2.05) is 13.1 Å². The third-order valence-electron chi connectivity index (χ3n) is 2.37.